The number of aromatic nitrogens is 1. The number of hydrogen-bond acceptors (Lipinski definition) is 2. The Morgan fingerprint density at radius 2 is 2.14 bits per heavy atom. The fraction of sp³-hybridized carbons (Fsp3) is 0.583. The highest BCUT2D eigenvalue weighted by molar-refractivity contribution is 5.16. The van der Waals surface area contributed by atoms with Gasteiger partial charge in [0, 0.05) is 25.0 Å². The third kappa shape index (κ3) is 2.55. The van der Waals surface area contributed by atoms with Gasteiger partial charge in [-0.2, -0.15) is 0 Å². The van der Waals surface area contributed by atoms with Crippen molar-refractivity contribution < 1.29 is 0 Å². The van der Waals surface area contributed by atoms with E-state index >= 15 is 0 Å². The normalized spacial score (nSPS) is 17.5. The molecule has 0 unspecified atom stereocenters. The molecular weight excluding hydrogens is 172 g/mol. The highest BCUT2D eigenvalue weighted by Crippen LogP contribution is 2.18. The number of rotatable bonds is 3. The highest BCUT2D eigenvalue weighted by Gasteiger charge is 2.13. The van der Waals surface area contributed by atoms with Crippen molar-refractivity contribution in [1.29, 1.82) is 0 Å². The molecule has 1 fully saturated rings. The average Bonchev–Trinajstić information content (AvgIpc) is 2.67. The van der Waals surface area contributed by atoms with Crippen molar-refractivity contribution in [2.75, 3.05) is 0 Å². The van der Waals surface area contributed by atoms with Crippen LogP contribution in [0.1, 0.15) is 36.8 Å². The second kappa shape index (κ2) is 4.56. The van der Waals surface area contributed by atoms with E-state index in [1.165, 1.54) is 36.8 Å². The molecule has 0 saturated heterocycles. The molecule has 2 rings (SSSR count). The van der Waals surface area contributed by atoms with Crippen LogP contribution in [0.5, 0.6) is 0 Å². The summed E-state index contributed by atoms with van der Waals surface area (Å²) in [6.45, 7) is 3.06. The second-order valence-electron chi connectivity index (χ2n) is 4.23. The van der Waals surface area contributed by atoms with Gasteiger partial charge in [-0.15, -0.1) is 0 Å². The van der Waals surface area contributed by atoms with E-state index in [2.05, 4.69) is 23.3 Å². The van der Waals surface area contributed by atoms with Crippen LogP contribution in [0.4, 0.5) is 0 Å². The maximum atomic E-state index is 4.19. The molecule has 0 amide bonds. The van der Waals surface area contributed by atoms with Gasteiger partial charge in [-0.05, 0) is 30.9 Å². The van der Waals surface area contributed by atoms with Gasteiger partial charge < -0.3 is 5.32 Å². The minimum atomic E-state index is 0.746. The van der Waals surface area contributed by atoms with E-state index in [-0.39, 0.29) is 0 Å². The largest absolute Gasteiger partial charge is 0.310 e. The second-order valence-corrected chi connectivity index (χ2v) is 4.23. The molecule has 0 aliphatic heterocycles. The zero-order valence-corrected chi connectivity index (χ0v) is 8.79. The number of pyridine rings is 1. The molecule has 14 heavy (non-hydrogen) atoms. The first-order valence-electron chi connectivity index (χ1n) is 5.48. The fourth-order valence-electron chi connectivity index (χ4n) is 2.11. The molecule has 0 atom stereocenters. The lowest BCUT2D eigenvalue weighted by atomic mass is 10.2. The van der Waals surface area contributed by atoms with Crippen LogP contribution in [-0.2, 0) is 6.54 Å². The lowest BCUT2D eigenvalue weighted by molar-refractivity contribution is 0.523. The molecule has 0 spiro atoms. The molecule has 2 heteroatoms. The summed E-state index contributed by atoms with van der Waals surface area (Å²) in [6, 6.07) is 2.95. The van der Waals surface area contributed by atoms with Crippen LogP contribution < -0.4 is 5.32 Å². The quantitative estimate of drug-likeness (QED) is 0.791. The van der Waals surface area contributed by atoms with Crippen LogP contribution in [0.25, 0.3) is 0 Å². The van der Waals surface area contributed by atoms with Crippen molar-refractivity contribution in [1.82, 2.24) is 10.3 Å². The van der Waals surface area contributed by atoms with Gasteiger partial charge in [0.2, 0.25) is 0 Å². The van der Waals surface area contributed by atoms with Gasteiger partial charge in [-0.1, -0.05) is 18.9 Å². The van der Waals surface area contributed by atoms with Gasteiger partial charge in [-0.25, -0.2) is 0 Å². The Hall–Kier alpha value is -0.890. The van der Waals surface area contributed by atoms with E-state index in [4.69, 9.17) is 0 Å². The Morgan fingerprint density at radius 1 is 1.36 bits per heavy atom. The fourth-order valence-corrected chi connectivity index (χ4v) is 2.11. The van der Waals surface area contributed by atoms with Gasteiger partial charge >= 0.3 is 0 Å². The molecule has 1 heterocycles. The molecule has 1 aromatic rings. The Morgan fingerprint density at radius 3 is 2.86 bits per heavy atom. The maximum absolute atomic E-state index is 4.19. The molecule has 76 valence electrons. The van der Waals surface area contributed by atoms with Crippen LogP contribution in [-0.4, -0.2) is 11.0 Å². The minimum absolute atomic E-state index is 0.746. The van der Waals surface area contributed by atoms with Gasteiger partial charge in [0.15, 0.2) is 0 Å². The van der Waals surface area contributed by atoms with E-state index in [1.807, 2.05) is 12.4 Å². The summed E-state index contributed by atoms with van der Waals surface area (Å²) in [5.41, 5.74) is 2.55. The van der Waals surface area contributed by atoms with E-state index in [0.29, 0.717) is 0 Å². The van der Waals surface area contributed by atoms with E-state index in [0.717, 1.165) is 12.6 Å². The standard InChI is InChI=1S/C12H18N2/c1-10-6-11(8-13-7-10)9-14-12-4-2-3-5-12/h6-8,12,14H,2-5,9H2,1H3. The van der Waals surface area contributed by atoms with Gasteiger partial charge in [0.05, 0.1) is 0 Å². The first-order valence-corrected chi connectivity index (χ1v) is 5.48. The number of nitrogens with zero attached hydrogens (tertiary/aromatic N) is 1. The summed E-state index contributed by atoms with van der Waals surface area (Å²) < 4.78 is 0. The summed E-state index contributed by atoms with van der Waals surface area (Å²) >= 11 is 0. The van der Waals surface area contributed by atoms with Crippen LogP contribution >= 0.6 is 0 Å². The van der Waals surface area contributed by atoms with Crippen LogP contribution in [0.15, 0.2) is 18.5 Å². The van der Waals surface area contributed by atoms with Crippen LogP contribution in [0.3, 0.4) is 0 Å². The molecule has 1 aliphatic rings. The van der Waals surface area contributed by atoms with E-state index in [9.17, 15) is 0 Å². The van der Waals surface area contributed by atoms with E-state index < -0.39 is 0 Å². The third-order valence-electron chi connectivity index (χ3n) is 2.88. The third-order valence-corrected chi connectivity index (χ3v) is 2.88. The molecular formula is C12H18N2. The average molecular weight is 190 g/mol. The molecule has 1 aromatic heterocycles. The molecule has 0 aromatic carbocycles. The van der Waals surface area contributed by atoms with Gasteiger partial charge in [0.25, 0.3) is 0 Å². The monoisotopic (exact) mass is 190 g/mol. The van der Waals surface area contributed by atoms with Crippen molar-refractivity contribution in [3.05, 3.63) is 29.6 Å². The minimum Gasteiger partial charge on any atom is -0.310 e. The zero-order chi connectivity index (χ0) is 9.80. The topological polar surface area (TPSA) is 24.9 Å². The SMILES string of the molecule is Cc1cncc(CNC2CCCC2)c1. The molecule has 0 bridgehead atoms. The first-order chi connectivity index (χ1) is 6.84. The smallest absolute Gasteiger partial charge is 0.0313 e. The summed E-state index contributed by atoms with van der Waals surface area (Å²) in [5, 5.41) is 3.59. The Bertz CT molecular complexity index is 290. The van der Waals surface area contributed by atoms with Crippen molar-refractivity contribution in [2.45, 2.75) is 45.2 Å². The summed E-state index contributed by atoms with van der Waals surface area (Å²) in [5.74, 6) is 0. The van der Waals surface area contributed by atoms with Crippen LogP contribution in [0, 0.1) is 6.92 Å². The summed E-state index contributed by atoms with van der Waals surface area (Å²) in [6.07, 6.45) is 9.33. The molecule has 0 radical (unpaired) electrons. The maximum Gasteiger partial charge on any atom is 0.0313 e. The molecule has 1 saturated carbocycles. The number of nitrogens with one attached hydrogen (secondary N) is 1. The highest BCUT2D eigenvalue weighted by atomic mass is 14.9. The van der Waals surface area contributed by atoms with Crippen molar-refractivity contribution in [3.63, 3.8) is 0 Å². The summed E-state index contributed by atoms with van der Waals surface area (Å²) in [7, 11) is 0. The first kappa shape index (κ1) is 9.66. The van der Waals surface area contributed by atoms with Gasteiger partial charge in [0.1, 0.15) is 0 Å². The van der Waals surface area contributed by atoms with E-state index in [1.54, 1.807) is 0 Å². The predicted molar refractivity (Wildman–Crippen MR) is 58.1 cm³/mol. The Balaban J connectivity index is 1.85. The Labute approximate surface area is 85.7 Å². The van der Waals surface area contributed by atoms with Gasteiger partial charge in [-0.3, -0.25) is 4.98 Å². The Kier molecular flexibility index (Phi) is 3.14. The number of aryl methyl sites for hydroxylation is 1. The van der Waals surface area contributed by atoms with Crippen molar-refractivity contribution in [3.8, 4) is 0 Å². The summed E-state index contributed by atoms with van der Waals surface area (Å²) in [4.78, 5) is 4.19. The van der Waals surface area contributed by atoms with Crippen molar-refractivity contribution >= 4 is 0 Å². The lowest BCUT2D eigenvalue weighted by Crippen LogP contribution is -2.25. The molecule has 1 N–H and O–H groups in total. The van der Waals surface area contributed by atoms with Crippen LogP contribution in [0.2, 0.25) is 0 Å². The molecule has 2 nitrogen and oxygen atoms in total. The lowest BCUT2D eigenvalue weighted by Gasteiger charge is -2.11. The predicted octanol–water partition coefficient (Wildman–Crippen LogP) is 2.42. The number of hydrogen-bond donors (Lipinski definition) is 1. The zero-order valence-electron chi connectivity index (χ0n) is 8.79. The van der Waals surface area contributed by atoms with Crippen molar-refractivity contribution in [2.24, 2.45) is 0 Å². The molecule has 1 aliphatic carbocycles.